The molecule has 0 aliphatic carbocycles. The molecule has 8 nitrogen and oxygen atoms in total. The fourth-order valence-electron chi connectivity index (χ4n) is 2.83. The zero-order valence-corrected chi connectivity index (χ0v) is 15.7. The number of carbonyl (C=O) groups excluding carboxylic acids is 4. The summed E-state index contributed by atoms with van der Waals surface area (Å²) in [4.78, 5) is 49.7. The van der Waals surface area contributed by atoms with E-state index >= 15 is 0 Å². The topological polar surface area (TPSA) is 108 Å². The predicted molar refractivity (Wildman–Crippen MR) is 95.0 cm³/mol. The van der Waals surface area contributed by atoms with Crippen LogP contribution in [0.5, 0.6) is 0 Å². The number of carbonyl (C=O) groups is 4. The molecule has 1 aromatic carbocycles. The Labute approximate surface area is 156 Å². The lowest BCUT2D eigenvalue weighted by atomic mass is 9.87. The fourth-order valence-corrected chi connectivity index (χ4v) is 2.83. The normalized spacial score (nSPS) is 19.7. The van der Waals surface area contributed by atoms with Gasteiger partial charge in [0.15, 0.2) is 0 Å². The first-order chi connectivity index (χ1) is 12.5. The minimum atomic E-state index is -1.38. The zero-order valence-electron chi connectivity index (χ0n) is 15.7. The first-order valence-corrected chi connectivity index (χ1v) is 8.50. The highest BCUT2D eigenvalue weighted by Gasteiger charge is 2.51. The van der Waals surface area contributed by atoms with E-state index < -0.39 is 47.3 Å². The Bertz CT molecular complexity index is 773. The van der Waals surface area contributed by atoms with E-state index in [1.807, 2.05) is 0 Å². The molecule has 1 aliphatic heterocycles. The minimum Gasteiger partial charge on any atom is -0.333 e. The largest absolute Gasteiger partial charge is 0.333 e. The quantitative estimate of drug-likeness (QED) is 0.692. The van der Waals surface area contributed by atoms with Gasteiger partial charge in [-0.15, -0.1) is 0 Å². The van der Waals surface area contributed by atoms with Crippen LogP contribution < -0.4 is 16.0 Å². The number of urea groups is 2. The highest BCUT2D eigenvalue weighted by Crippen LogP contribution is 2.32. The van der Waals surface area contributed by atoms with Crippen LogP contribution in [0.15, 0.2) is 24.3 Å². The van der Waals surface area contributed by atoms with Crippen LogP contribution in [0.25, 0.3) is 0 Å². The number of nitrogens with zero attached hydrogens (tertiary/aromatic N) is 1. The van der Waals surface area contributed by atoms with Crippen molar-refractivity contribution >= 4 is 23.9 Å². The molecule has 6 amide bonds. The van der Waals surface area contributed by atoms with E-state index in [4.69, 9.17) is 0 Å². The molecule has 1 atom stereocenters. The average Bonchev–Trinajstić information content (AvgIpc) is 2.78. The van der Waals surface area contributed by atoms with Crippen molar-refractivity contribution in [3.05, 3.63) is 35.6 Å². The van der Waals surface area contributed by atoms with Gasteiger partial charge in [0, 0.05) is 5.54 Å². The molecular weight excluding hydrogens is 355 g/mol. The van der Waals surface area contributed by atoms with E-state index in [-0.39, 0.29) is 6.42 Å². The van der Waals surface area contributed by atoms with Gasteiger partial charge in [0.25, 0.3) is 5.91 Å². The number of imide groups is 2. The van der Waals surface area contributed by atoms with Gasteiger partial charge in [0.1, 0.15) is 17.9 Å². The highest BCUT2D eigenvalue weighted by atomic mass is 19.1. The van der Waals surface area contributed by atoms with E-state index in [1.54, 1.807) is 27.7 Å². The first-order valence-electron chi connectivity index (χ1n) is 8.50. The summed E-state index contributed by atoms with van der Waals surface area (Å²) >= 11 is 0. The van der Waals surface area contributed by atoms with Crippen molar-refractivity contribution in [2.75, 3.05) is 6.54 Å². The molecule has 0 aromatic heterocycles. The van der Waals surface area contributed by atoms with E-state index in [9.17, 15) is 23.6 Å². The van der Waals surface area contributed by atoms with Gasteiger partial charge < -0.3 is 10.6 Å². The van der Waals surface area contributed by atoms with E-state index in [1.165, 1.54) is 24.3 Å². The smallest absolute Gasteiger partial charge is 0.325 e. The summed E-state index contributed by atoms with van der Waals surface area (Å²) in [6.45, 7) is 6.32. The van der Waals surface area contributed by atoms with Crippen molar-refractivity contribution in [3.8, 4) is 0 Å². The molecule has 146 valence electrons. The Hall–Kier alpha value is -2.97. The van der Waals surface area contributed by atoms with E-state index in [2.05, 4.69) is 16.0 Å². The molecule has 0 bridgehead atoms. The third-order valence-corrected chi connectivity index (χ3v) is 4.09. The van der Waals surface area contributed by atoms with Crippen molar-refractivity contribution in [1.29, 1.82) is 0 Å². The maximum Gasteiger partial charge on any atom is 0.325 e. The number of nitrogens with one attached hydrogen (secondary N) is 3. The number of amides is 6. The summed E-state index contributed by atoms with van der Waals surface area (Å²) in [6.07, 6.45) is 0.214. The summed E-state index contributed by atoms with van der Waals surface area (Å²) in [7, 11) is 0. The Morgan fingerprint density at radius 2 is 1.78 bits per heavy atom. The average molecular weight is 378 g/mol. The molecule has 9 heteroatoms. The van der Waals surface area contributed by atoms with Crippen LogP contribution in [0.4, 0.5) is 14.0 Å². The van der Waals surface area contributed by atoms with Gasteiger partial charge in [-0.1, -0.05) is 19.1 Å². The highest BCUT2D eigenvalue weighted by molar-refractivity contribution is 6.10. The van der Waals surface area contributed by atoms with Gasteiger partial charge in [0.05, 0.1) is 0 Å². The van der Waals surface area contributed by atoms with Crippen molar-refractivity contribution in [3.63, 3.8) is 0 Å². The zero-order chi connectivity index (χ0) is 20.4. The van der Waals surface area contributed by atoms with Crippen LogP contribution in [-0.4, -0.2) is 40.9 Å². The Morgan fingerprint density at radius 3 is 2.30 bits per heavy atom. The molecule has 0 radical (unpaired) electrons. The van der Waals surface area contributed by atoms with E-state index in [0.29, 0.717) is 5.56 Å². The molecule has 1 heterocycles. The van der Waals surface area contributed by atoms with Gasteiger partial charge in [-0.3, -0.25) is 19.8 Å². The number of hydrogen-bond acceptors (Lipinski definition) is 4. The van der Waals surface area contributed by atoms with Crippen LogP contribution in [0.3, 0.4) is 0 Å². The minimum absolute atomic E-state index is 0.214. The lowest BCUT2D eigenvalue weighted by Crippen LogP contribution is -2.51. The first kappa shape index (κ1) is 20.3. The fraction of sp³-hybridized carbons (Fsp3) is 0.444. The van der Waals surface area contributed by atoms with E-state index in [0.717, 1.165) is 4.90 Å². The molecule has 1 saturated heterocycles. The Morgan fingerprint density at radius 1 is 1.19 bits per heavy atom. The molecule has 1 aliphatic rings. The maximum atomic E-state index is 13.2. The summed E-state index contributed by atoms with van der Waals surface area (Å²) in [6, 6.07) is 3.74. The SMILES string of the molecule is CC[C@]1(c2ccc(F)cc2)NC(=O)N(CC(=O)NC(=O)NC(C)(C)C)C1=O. The van der Waals surface area contributed by atoms with Gasteiger partial charge in [-0.25, -0.2) is 14.0 Å². The summed E-state index contributed by atoms with van der Waals surface area (Å²) in [5, 5.41) is 7.21. The number of benzene rings is 1. The van der Waals surface area contributed by atoms with Gasteiger partial charge >= 0.3 is 12.1 Å². The Kier molecular flexibility index (Phi) is 5.53. The van der Waals surface area contributed by atoms with Crippen molar-refractivity contribution < 1.29 is 23.6 Å². The summed E-state index contributed by atoms with van der Waals surface area (Å²) in [5.41, 5.74) is -1.51. The molecule has 1 aromatic rings. The van der Waals surface area contributed by atoms with Crippen LogP contribution in [0.2, 0.25) is 0 Å². The molecule has 0 unspecified atom stereocenters. The second-order valence-corrected chi connectivity index (χ2v) is 7.34. The van der Waals surface area contributed by atoms with Crippen LogP contribution in [0.1, 0.15) is 39.7 Å². The Balaban J connectivity index is 2.14. The second-order valence-electron chi connectivity index (χ2n) is 7.34. The number of halogens is 1. The van der Waals surface area contributed by atoms with Crippen molar-refractivity contribution in [2.45, 2.75) is 45.2 Å². The number of rotatable bonds is 4. The third-order valence-electron chi connectivity index (χ3n) is 4.09. The molecule has 2 rings (SSSR count). The van der Waals surface area contributed by atoms with Gasteiger partial charge in [-0.2, -0.15) is 0 Å². The van der Waals surface area contributed by atoms with Crippen LogP contribution >= 0.6 is 0 Å². The molecule has 1 fully saturated rings. The molecular formula is C18H23FN4O4. The molecule has 3 N–H and O–H groups in total. The lowest BCUT2D eigenvalue weighted by Gasteiger charge is -2.25. The van der Waals surface area contributed by atoms with Crippen LogP contribution in [0, 0.1) is 5.82 Å². The van der Waals surface area contributed by atoms with Crippen molar-refractivity contribution in [1.82, 2.24) is 20.9 Å². The molecule has 0 saturated carbocycles. The summed E-state index contributed by atoms with van der Waals surface area (Å²) in [5.74, 6) is -1.90. The van der Waals surface area contributed by atoms with Crippen LogP contribution in [-0.2, 0) is 15.1 Å². The van der Waals surface area contributed by atoms with Gasteiger partial charge in [0.2, 0.25) is 5.91 Å². The van der Waals surface area contributed by atoms with Gasteiger partial charge in [-0.05, 0) is 44.9 Å². The number of hydrogen-bond donors (Lipinski definition) is 3. The molecule has 27 heavy (non-hydrogen) atoms. The van der Waals surface area contributed by atoms with Crippen molar-refractivity contribution in [2.24, 2.45) is 0 Å². The predicted octanol–water partition coefficient (Wildman–Crippen LogP) is 1.61. The maximum absolute atomic E-state index is 13.2. The third kappa shape index (κ3) is 4.42. The standard InChI is InChI=1S/C18H23FN4O4/c1-5-18(11-6-8-12(19)9-7-11)14(25)23(16(27)22-18)10-13(24)20-15(26)21-17(2,3)4/h6-9H,5,10H2,1-4H3,(H,22,27)(H2,20,21,24,26)/t18-/m1/s1. The lowest BCUT2D eigenvalue weighted by molar-refractivity contribution is -0.135. The second kappa shape index (κ2) is 7.34. The molecule has 0 spiro atoms. The monoisotopic (exact) mass is 378 g/mol. The summed E-state index contributed by atoms with van der Waals surface area (Å²) < 4.78 is 13.2.